The SMILES string of the molecule is COc1ccc(C)cc1S(=O)(=O)N(Cc1ccc(O)cc1)c1ccc(OCCN2CCCC2)cc1. The van der Waals surface area contributed by atoms with Gasteiger partial charge in [-0.2, -0.15) is 0 Å². The minimum atomic E-state index is -3.97. The van der Waals surface area contributed by atoms with Crippen molar-refractivity contribution < 1.29 is 23.0 Å². The zero-order valence-corrected chi connectivity index (χ0v) is 21.0. The molecule has 8 heteroatoms. The molecule has 1 aliphatic heterocycles. The molecule has 1 N–H and O–H groups in total. The maximum Gasteiger partial charge on any atom is 0.268 e. The van der Waals surface area contributed by atoms with Crippen LogP contribution in [0.3, 0.4) is 0 Å². The first-order valence-corrected chi connectivity index (χ1v) is 13.2. The van der Waals surface area contributed by atoms with Gasteiger partial charge in [0.2, 0.25) is 0 Å². The Morgan fingerprint density at radius 2 is 1.66 bits per heavy atom. The molecule has 1 fully saturated rings. The Hall–Kier alpha value is -3.23. The van der Waals surface area contributed by atoms with Gasteiger partial charge in [-0.1, -0.05) is 18.2 Å². The van der Waals surface area contributed by atoms with E-state index in [-0.39, 0.29) is 22.9 Å². The lowest BCUT2D eigenvalue weighted by Crippen LogP contribution is -2.31. The summed E-state index contributed by atoms with van der Waals surface area (Å²) in [7, 11) is -2.51. The van der Waals surface area contributed by atoms with Gasteiger partial charge in [0, 0.05) is 6.54 Å². The molecule has 3 aromatic rings. The van der Waals surface area contributed by atoms with E-state index in [1.165, 1.54) is 24.3 Å². The van der Waals surface area contributed by atoms with Crippen molar-refractivity contribution in [1.29, 1.82) is 0 Å². The van der Waals surface area contributed by atoms with E-state index >= 15 is 0 Å². The van der Waals surface area contributed by atoms with Gasteiger partial charge in [-0.05, 0) is 92.5 Å². The lowest BCUT2D eigenvalue weighted by molar-refractivity contribution is 0.238. The minimum Gasteiger partial charge on any atom is -0.508 e. The van der Waals surface area contributed by atoms with Crippen molar-refractivity contribution in [2.45, 2.75) is 31.2 Å². The van der Waals surface area contributed by atoms with Crippen LogP contribution in [0.2, 0.25) is 0 Å². The van der Waals surface area contributed by atoms with Crippen LogP contribution < -0.4 is 13.8 Å². The van der Waals surface area contributed by atoms with Gasteiger partial charge in [0.25, 0.3) is 10.0 Å². The lowest BCUT2D eigenvalue weighted by atomic mass is 10.2. The molecule has 0 bridgehead atoms. The van der Waals surface area contributed by atoms with Crippen LogP contribution in [0.4, 0.5) is 5.69 Å². The van der Waals surface area contributed by atoms with Crippen LogP contribution in [-0.4, -0.2) is 51.8 Å². The van der Waals surface area contributed by atoms with Crippen molar-refractivity contribution >= 4 is 15.7 Å². The molecule has 186 valence electrons. The first kappa shape index (κ1) is 24.9. The Morgan fingerprint density at radius 1 is 0.971 bits per heavy atom. The number of phenolic OH excluding ortho intramolecular Hbond substituents is 1. The molecule has 0 unspecified atom stereocenters. The summed E-state index contributed by atoms with van der Waals surface area (Å²) in [5.41, 5.74) is 2.06. The summed E-state index contributed by atoms with van der Waals surface area (Å²) in [5.74, 6) is 1.11. The number of aryl methyl sites for hydroxylation is 1. The Morgan fingerprint density at radius 3 is 2.31 bits per heavy atom. The maximum atomic E-state index is 13.9. The average molecular weight is 497 g/mol. The number of nitrogens with zero attached hydrogens (tertiary/aromatic N) is 2. The Balaban J connectivity index is 1.61. The maximum absolute atomic E-state index is 13.9. The molecule has 0 aromatic heterocycles. The van der Waals surface area contributed by atoms with Gasteiger partial charge in [-0.3, -0.25) is 9.21 Å². The molecule has 3 aromatic carbocycles. The van der Waals surface area contributed by atoms with Crippen molar-refractivity contribution in [1.82, 2.24) is 4.90 Å². The third kappa shape index (κ3) is 6.07. The van der Waals surface area contributed by atoms with E-state index in [0.717, 1.165) is 30.8 Å². The van der Waals surface area contributed by atoms with Crippen LogP contribution in [0.15, 0.2) is 71.6 Å². The molecule has 1 saturated heterocycles. The van der Waals surface area contributed by atoms with E-state index < -0.39 is 10.0 Å². The van der Waals surface area contributed by atoms with E-state index in [9.17, 15) is 13.5 Å². The van der Waals surface area contributed by atoms with Gasteiger partial charge in [0.1, 0.15) is 28.8 Å². The van der Waals surface area contributed by atoms with Gasteiger partial charge in [-0.25, -0.2) is 8.42 Å². The third-order valence-corrected chi connectivity index (χ3v) is 7.94. The van der Waals surface area contributed by atoms with Crippen LogP contribution in [0.5, 0.6) is 17.2 Å². The highest BCUT2D eigenvalue weighted by Crippen LogP contribution is 2.33. The zero-order valence-electron chi connectivity index (χ0n) is 20.2. The summed E-state index contributed by atoms with van der Waals surface area (Å²) in [5, 5.41) is 9.65. The number of anilines is 1. The molecule has 35 heavy (non-hydrogen) atoms. The largest absolute Gasteiger partial charge is 0.508 e. The number of phenols is 1. The Kier molecular flexibility index (Phi) is 7.83. The van der Waals surface area contributed by atoms with Crippen molar-refractivity contribution in [3.05, 3.63) is 77.9 Å². The fourth-order valence-corrected chi connectivity index (χ4v) is 5.89. The summed E-state index contributed by atoms with van der Waals surface area (Å²) in [4.78, 5) is 2.49. The normalized spacial score (nSPS) is 14.1. The molecule has 0 radical (unpaired) electrons. The van der Waals surface area contributed by atoms with Crippen LogP contribution in [0.1, 0.15) is 24.0 Å². The molecule has 4 rings (SSSR count). The van der Waals surface area contributed by atoms with Gasteiger partial charge in [-0.15, -0.1) is 0 Å². The standard InChI is InChI=1S/C27H32N2O5S/c1-21-5-14-26(33-2)27(19-21)35(31,32)29(20-22-6-10-24(30)11-7-22)23-8-12-25(13-9-23)34-18-17-28-15-3-4-16-28/h5-14,19,30H,3-4,15-18,20H2,1-2H3. The fourth-order valence-electron chi connectivity index (χ4n) is 4.19. The van der Waals surface area contributed by atoms with E-state index in [0.29, 0.717) is 18.0 Å². The molecule has 0 atom stereocenters. The first-order chi connectivity index (χ1) is 16.9. The second-order valence-corrected chi connectivity index (χ2v) is 10.6. The summed E-state index contributed by atoms with van der Waals surface area (Å²) in [6.07, 6.45) is 2.48. The Labute approximate surface area is 207 Å². The Bertz CT molecular complexity index is 1220. The molecule has 0 saturated carbocycles. The van der Waals surface area contributed by atoms with Crippen LogP contribution in [0, 0.1) is 6.92 Å². The van der Waals surface area contributed by atoms with Crippen LogP contribution >= 0.6 is 0 Å². The number of methoxy groups -OCH3 is 1. The highest BCUT2D eigenvalue weighted by molar-refractivity contribution is 7.92. The molecular weight excluding hydrogens is 464 g/mol. The fraction of sp³-hybridized carbons (Fsp3) is 0.333. The predicted molar refractivity (Wildman–Crippen MR) is 137 cm³/mol. The monoisotopic (exact) mass is 496 g/mol. The highest BCUT2D eigenvalue weighted by Gasteiger charge is 2.29. The summed E-state index contributed by atoms with van der Waals surface area (Å²) in [6, 6.07) is 18.7. The number of benzene rings is 3. The summed E-state index contributed by atoms with van der Waals surface area (Å²) >= 11 is 0. The molecule has 1 heterocycles. The van der Waals surface area contributed by atoms with Gasteiger partial charge in [0.05, 0.1) is 19.3 Å². The van der Waals surface area contributed by atoms with Crippen molar-refractivity contribution in [3.63, 3.8) is 0 Å². The van der Waals surface area contributed by atoms with E-state index in [1.807, 2.05) is 13.0 Å². The number of rotatable bonds is 10. The second kappa shape index (κ2) is 11.0. The second-order valence-electron chi connectivity index (χ2n) is 8.72. The molecule has 0 spiro atoms. The number of likely N-dealkylation sites (tertiary alicyclic amines) is 1. The highest BCUT2D eigenvalue weighted by atomic mass is 32.2. The van der Waals surface area contributed by atoms with Crippen molar-refractivity contribution in [3.8, 4) is 17.2 Å². The van der Waals surface area contributed by atoms with Crippen LogP contribution in [0.25, 0.3) is 0 Å². The quantitative estimate of drug-likeness (QED) is 0.443. The number of aromatic hydroxyl groups is 1. The lowest BCUT2D eigenvalue weighted by Gasteiger charge is -2.26. The smallest absolute Gasteiger partial charge is 0.268 e. The molecule has 7 nitrogen and oxygen atoms in total. The van der Waals surface area contributed by atoms with Crippen molar-refractivity contribution in [2.75, 3.05) is 37.7 Å². The number of ether oxygens (including phenoxy) is 2. The van der Waals surface area contributed by atoms with Crippen LogP contribution in [-0.2, 0) is 16.6 Å². The molecule has 1 aliphatic rings. The predicted octanol–water partition coefficient (Wildman–Crippen LogP) is 4.58. The van der Waals surface area contributed by atoms with Gasteiger partial charge >= 0.3 is 0 Å². The van der Waals surface area contributed by atoms with E-state index in [4.69, 9.17) is 9.47 Å². The minimum absolute atomic E-state index is 0.0921. The van der Waals surface area contributed by atoms with E-state index in [2.05, 4.69) is 4.90 Å². The van der Waals surface area contributed by atoms with Crippen molar-refractivity contribution in [2.24, 2.45) is 0 Å². The summed E-state index contributed by atoms with van der Waals surface area (Å²) < 4.78 is 40.4. The topological polar surface area (TPSA) is 79.3 Å². The van der Waals surface area contributed by atoms with Gasteiger partial charge < -0.3 is 14.6 Å². The number of sulfonamides is 1. The van der Waals surface area contributed by atoms with E-state index in [1.54, 1.807) is 60.7 Å². The molecule has 0 amide bonds. The molecular formula is C27H32N2O5S. The number of hydrogen-bond acceptors (Lipinski definition) is 6. The zero-order chi connectivity index (χ0) is 24.8. The first-order valence-electron chi connectivity index (χ1n) is 11.8. The third-order valence-electron chi connectivity index (χ3n) is 6.15. The number of hydrogen-bond donors (Lipinski definition) is 1. The average Bonchev–Trinajstić information content (AvgIpc) is 3.38. The van der Waals surface area contributed by atoms with Gasteiger partial charge in [0.15, 0.2) is 0 Å². The molecule has 0 aliphatic carbocycles. The summed E-state index contributed by atoms with van der Waals surface area (Å²) in [6.45, 7) is 5.65.